The fourth-order valence-corrected chi connectivity index (χ4v) is 0.236. The molecule has 0 N–H and O–H groups in total. The van der Waals surface area contributed by atoms with Gasteiger partial charge in [0.15, 0.2) is 0 Å². The topological polar surface area (TPSA) is 9.23 Å². The second-order valence-electron chi connectivity index (χ2n) is 1.42. The van der Waals surface area contributed by atoms with Crippen LogP contribution in [0.25, 0.3) is 0 Å². The molecule has 0 unspecified atom stereocenters. The van der Waals surface area contributed by atoms with Crippen LogP contribution in [-0.2, 0) is 24.2 Å². The molecule has 0 aromatic heterocycles. The third-order valence-corrected chi connectivity index (χ3v) is 0.451. The number of hydrogen-bond donors (Lipinski definition) is 0. The standard InChI is InChI=1S/C5H11O.Zn/c1-4-6-5(2)3;/h5H,1,4H2,2-3H3;. The van der Waals surface area contributed by atoms with Crippen molar-refractivity contribution in [2.24, 2.45) is 0 Å². The van der Waals surface area contributed by atoms with E-state index in [2.05, 4.69) is 6.92 Å². The van der Waals surface area contributed by atoms with E-state index in [0.717, 1.165) is 0 Å². The average molecular weight is 153 g/mol. The Kier molecular flexibility index (Phi) is 9.92. The summed E-state index contributed by atoms with van der Waals surface area (Å²) in [4.78, 5) is 0. The number of hydrogen-bond acceptors (Lipinski definition) is 1. The normalized spacial score (nSPS) is 8.57. The summed E-state index contributed by atoms with van der Waals surface area (Å²) in [5, 5.41) is 0. The van der Waals surface area contributed by atoms with Gasteiger partial charge in [-0.1, -0.05) is 0 Å². The molecular weight excluding hydrogens is 141 g/mol. The van der Waals surface area contributed by atoms with Crippen molar-refractivity contribution in [1.82, 2.24) is 0 Å². The van der Waals surface area contributed by atoms with Gasteiger partial charge in [0.05, 0.1) is 6.10 Å². The molecule has 0 aliphatic carbocycles. The van der Waals surface area contributed by atoms with Crippen LogP contribution in [0.3, 0.4) is 0 Å². The van der Waals surface area contributed by atoms with Crippen molar-refractivity contribution in [3.05, 3.63) is 6.92 Å². The zero-order valence-corrected chi connectivity index (χ0v) is 8.07. The van der Waals surface area contributed by atoms with Gasteiger partial charge in [-0.15, -0.1) is 0 Å². The van der Waals surface area contributed by atoms with Crippen molar-refractivity contribution < 1.29 is 24.2 Å². The predicted octanol–water partition coefficient (Wildman–Crippen LogP) is 1.24. The van der Waals surface area contributed by atoms with Gasteiger partial charge < -0.3 is 4.74 Å². The summed E-state index contributed by atoms with van der Waals surface area (Å²) in [5.41, 5.74) is 0. The second-order valence-corrected chi connectivity index (χ2v) is 1.42. The van der Waals surface area contributed by atoms with Crippen LogP contribution >= 0.6 is 0 Å². The Labute approximate surface area is 58.2 Å². The summed E-state index contributed by atoms with van der Waals surface area (Å²) >= 11 is 0. The van der Waals surface area contributed by atoms with Gasteiger partial charge in [-0.05, 0) is 20.8 Å². The van der Waals surface area contributed by atoms with Gasteiger partial charge in [0.1, 0.15) is 0 Å². The Morgan fingerprint density at radius 1 is 1.57 bits per heavy atom. The van der Waals surface area contributed by atoms with Gasteiger partial charge >= 0.3 is 0 Å². The van der Waals surface area contributed by atoms with E-state index in [1.54, 1.807) is 0 Å². The Morgan fingerprint density at radius 3 is 2.00 bits per heavy atom. The minimum atomic E-state index is 0. The molecule has 0 atom stereocenters. The molecule has 1 nitrogen and oxygen atoms in total. The van der Waals surface area contributed by atoms with Gasteiger partial charge in [-0.3, -0.25) is 0 Å². The van der Waals surface area contributed by atoms with E-state index in [1.165, 1.54) is 0 Å². The molecule has 0 saturated heterocycles. The van der Waals surface area contributed by atoms with Crippen LogP contribution in [-0.4, -0.2) is 12.7 Å². The molecule has 0 amide bonds. The first-order valence-electron chi connectivity index (χ1n) is 2.18. The van der Waals surface area contributed by atoms with Crippen LogP contribution in [0.5, 0.6) is 0 Å². The molecule has 2 heteroatoms. The Balaban J connectivity index is 0. The second kappa shape index (κ2) is 6.58. The number of rotatable bonds is 2. The summed E-state index contributed by atoms with van der Waals surface area (Å²) in [6.45, 7) is 8.07. The van der Waals surface area contributed by atoms with E-state index in [1.807, 2.05) is 13.8 Å². The third kappa shape index (κ3) is 10.8. The number of ether oxygens (including phenoxy) is 1. The van der Waals surface area contributed by atoms with E-state index in [0.29, 0.717) is 12.7 Å². The first kappa shape index (κ1) is 10.5. The van der Waals surface area contributed by atoms with E-state index in [-0.39, 0.29) is 19.5 Å². The Hall–Kier alpha value is 0.583. The fraction of sp³-hybridized carbons (Fsp3) is 0.800. The molecule has 0 aliphatic heterocycles. The zero-order chi connectivity index (χ0) is 4.99. The predicted molar refractivity (Wildman–Crippen MR) is 26.4 cm³/mol. The van der Waals surface area contributed by atoms with Crippen molar-refractivity contribution in [1.29, 1.82) is 0 Å². The van der Waals surface area contributed by atoms with E-state index in [4.69, 9.17) is 4.74 Å². The van der Waals surface area contributed by atoms with E-state index in [9.17, 15) is 0 Å². The van der Waals surface area contributed by atoms with Crippen LogP contribution in [0.1, 0.15) is 13.8 Å². The Morgan fingerprint density at radius 2 is 2.00 bits per heavy atom. The fourth-order valence-electron chi connectivity index (χ4n) is 0.236. The third-order valence-electron chi connectivity index (χ3n) is 0.451. The summed E-state index contributed by atoms with van der Waals surface area (Å²) in [5.74, 6) is 0. The van der Waals surface area contributed by atoms with Crippen LogP contribution in [0.2, 0.25) is 0 Å². The molecule has 0 aromatic rings. The van der Waals surface area contributed by atoms with Crippen LogP contribution < -0.4 is 0 Å². The molecule has 0 heterocycles. The zero-order valence-electron chi connectivity index (χ0n) is 5.11. The van der Waals surface area contributed by atoms with Crippen LogP contribution in [0.4, 0.5) is 0 Å². The molecule has 39 valence electrons. The van der Waals surface area contributed by atoms with Gasteiger partial charge in [0.2, 0.25) is 0 Å². The first-order valence-corrected chi connectivity index (χ1v) is 2.18. The maximum absolute atomic E-state index is 4.93. The van der Waals surface area contributed by atoms with E-state index >= 15 is 0 Å². The minimum Gasteiger partial charge on any atom is -0.379 e. The van der Waals surface area contributed by atoms with Crippen molar-refractivity contribution in [3.8, 4) is 0 Å². The van der Waals surface area contributed by atoms with Crippen molar-refractivity contribution in [2.75, 3.05) is 6.61 Å². The van der Waals surface area contributed by atoms with Crippen molar-refractivity contribution >= 4 is 0 Å². The molecule has 0 aromatic carbocycles. The molecule has 0 spiro atoms. The molecule has 0 rings (SSSR count). The monoisotopic (exact) mass is 151 g/mol. The van der Waals surface area contributed by atoms with Crippen LogP contribution in [0.15, 0.2) is 0 Å². The maximum Gasteiger partial charge on any atom is 0.0518 e. The molecule has 0 fully saturated rings. The van der Waals surface area contributed by atoms with Gasteiger partial charge in [0.25, 0.3) is 0 Å². The van der Waals surface area contributed by atoms with E-state index < -0.39 is 0 Å². The maximum atomic E-state index is 4.93. The first-order chi connectivity index (χ1) is 2.77. The van der Waals surface area contributed by atoms with Gasteiger partial charge in [-0.25, -0.2) is 0 Å². The summed E-state index contributed by atoms with van der Waals surface area (Å²) in [7, 11) is 0. The summed E-state index contributed by atoms with van der Waals surface area (Å²) in [6.07, 6.45) is 0.336. The Bertz CT molecular complexity index is 29.3. The van der Waals surface area contributed by atoms with Crippen LogP contribution in [0, 0.1) is 6.92 Å². The molecule has 1 radical (unpaired) electrons. The molecule has 0 aliphatic rings. The smallest absolute Gasteiger partial charge is 0.0518 e. The molecular formula is C5H11OZn. The van der Waals surface area contributed by atoms with Crippen molar-refractivity contribution in [3.63, 3.8) is 0 Å². The van der Waals surface area contributed by atoms with Gasteiger partial charge in [-0.2, -0.15) is 0 Å². The molecule has 0 bridgehead atoms. The quantitative estimate of drug-likeness (QED) is 0.541. The summed E-state index contributed by atoms with van der Waals surface area (Å²) in [6, 6.07) is 0. The minimum absolute atomic E-state index is 0. The van der Waals surface area contributed by atoms with Crippen molar-refractivity contribution in [2.45, 2.75) is 20.0 Å². The average Bonchev–Trinajstić information content (AvgIpc) is 1.35. The molecule has 7 heavy (non-hydrogen) atoms. The molecule has 0 saturated carbocycles. The summed E-state index contributed by atoms with van der Waals surface area (Å²) < 4.78 is 4.93. The largest absolute Gasteiger partial charge is 0.379 e. The van der Waals surface area contributed by atoms with Gasteiger partial charge in [0, 0.05) is 26.1 Å². The SMILES string of the molecule is [CH2]COC(C)C.[Zn].